The van der Waals surface area contributed by atoms with Gasteiger partial charge in [0.2, 0.25) is 5.91 Å². The highest BCUT2D eigenvalue weighted by Gasteiger charge is 2.27. The zero-order valence-electron chi connectivity index (χ0n) is 15.0. The van der Waals surface area contributed by atoms with E-state index in [-0.39, 0.29) is 37.2 Å². The van der Waals surface area contributed by atoms with Crippen LogP contribution in [-0.4, -0.2) is 41.4 Å². The summed E-state index contributed by atoms with van der Waals surface area (Å²) in [4.78, 5) is 15.6. The highest BCUT2D eigenvalue weighted by atomic mass is 19.1. The van der Waals surface area contributed by atoms with Gasteiger partial charge < -0.3 is 20.1 Å². The number of ether oxygens (including phenoxy) is 1. The molecule has 1 amide bonds. The molecule has 4 rings (SSSR count). The molecule has 28 heavy (non-hydrogen) atoms. The Balaban J connectivity index is 1.60. The van der Waals surface area contributed by atoms with Gasteiger partial charge in [-0.1, -0.05) is 0 Å². The maximum absolute atomic E-state index is 13.8. The molecule has 2 aromatic carbocycles. The lowest BCUT2D eigenvalue weighted by Gasteiger charge is -2.14. The van der Waals surface area contributed by atoms with E-state index in [4.69, 9.17) is 4.74 Å². The fourth-order valence-electron chi connectivity index (χ4n) is 3.54. The van der Waals surface area contributed by atoms with E-state index >= 15 is 0 Å². The quantitative estimate of drug-likeness (QED) is 0.631. The van der Waals surface area contributed by atoms with Gasteiger partial charge in [-0.25, -0.2) is 8.78 Å². The van der Waals surface area contributed by atoms with E-state index in [9.17, 15) is 18.7 Å². The Kier molecular flexibility index (Phi) is 5.11. The summed E-state index contributed by atoms with van der Waals surface area (Å²) < 4.78 is 32.2. The van der Waals surface area contributed by atoms with E-state index in [0.29, 0.717) is 11.8 Å². The van der Waals surface area contributed by atoms with E-state index in [2.05, 4.69) is 10.3 Å². The summed E-state index contributed by atoms with van der Waals surface area (Å²) in [5.41, 5.74) is 3.03. The minimum Gasteiger partial charge on any atom is -0.388 e. The van der Waals surface area contributed by atoms with Gasteiger partial charge >= 0.3 is 0 Å². The van der Waals surface area contributed by atoms with Crippen LogP contribution in [0, 0.1) is 11.6 Å². The van der Waals surface area contributed by atoms with E-state index in [1.165, 1.54) is 24.3 Å². The van der Waals surface area contributed by atoms with Crippen molar-refractivity contribution >= 4 is 16.8 Å². The first-order valence-electron chi connectivity index (χ1n) is 9.12. The molecule has 3 N–H and O–H groups in total. The second-order valence-electron chi connectivity index (χ2n) is 6.95. The highest BCUT2D eigenvalue weighted by molar-refractivity contribution is 5.91. The number of carbonyl (C=O) groups excluding carboxylic acids is 1. The first-order valence-corrected chi connectivity index (χ1v) is 9.12. The third kappa shape index (κ3) is 3.76. The molecule has 1 aromatic heterocycles. The van der Waals surface area contributed by atoms with Gasteiger partial charge in [-0.15, -0.1) is 0 Å². The third-order valence-corrected chi connectivity index (χ3v) is 5.00. The van der Waals surface area contributed by atoms with Crippen LogP contribution >= 0.6 is 0 Å². The number of benzene rings is 2. The lowest BCUT2D eigenvalue weighted by molar-refractivity contribution is -0.122. The number of hydrogen-bond acceptors (Lipinski definition) is 3. The molecule has 3 aromatic rings. The molecule has 1 saturated heterocycles. The topological polar surface area (TPSA) is 74.4 Å². The summed E-state index contributed by atoms with van der Waals surface area (Å²) in [5.74, 6) is -0.927. The standard InChI is InChI=1S/C21H20F2N2O3/c22-13-3-1-12(2-4-13)21-15(16-9-14(23)5-7-17(16)25-21)6-8-20(27)24-18-10-28-11-19(18)26/h1-5,7,9,18-19,25-26H,6,8,10-11H2,(H,24,27)/t18-,19+/m0/s1. The molecule has 0 bridgehead atoms. The van der Waals surface area contributed by atoms with Crippen molar-refractivity contribution in [3.05, 3.63) is 59.7 Å². The first kappa shape index (κ1) is 18.6. The monoisotopic (exact) mass is 386 g/mol. The molecule has 0 radical (unpaired) electrons. The number of hydrogen-bond donors (Lipinski definition) is 3. The molecule has 1 fully saturated rings. The van der Waals surface area contributed by atoms with E-state index in [0.717, 1.165) is 22.3 Å². The number of aromatic amines is 1. The van der Waals surface area contributed by atoms with Gasteiger partial charge in [0.1, 0.15) is 11.6 Å². The van der Waals surface area contributed by atoms with Gasteiger partial charge in [-0.2, -0.15) is 0 Å². The average Bonchev–Trinajstić information content (AvgIpc) is 3.24. The molecular formula is C21H20F2N2O3. The van der Waals surface area contributed by atoms with Gasteiger partial charge in [0.05, 0.1) is 25.4 Å². The van der Waals surface area contributed by atoms with Gasteiger partial charge in [0.15, 0.2) is 0 Å². The maximum Gasteiger partial charge on any atom is 0.220 e. The molecule has 2 atom stereocenters. The number of aliphatic hydroxyl groups excluding tert-OH is 1. The predicted octanol–water partition coefficient (Wildman–Crippen LogP) is 2.92. The second kappa shape index (κ2) is 7.69. The molecule has 146 valence electrons. The van der Waals surface area contributed by atoms with E-state index in [1.807, 2.05) is 0 Å². The normalized spacial score (nSPS) is 19.2. The van der Waals surface area contributed by atoms with Crippen LogP contribution in [0.3, 0.4) is 0 Å². The number of halogens is 2. The average molecular weight is 386 g/mol. The lowest BCUT2D eigenvalue weighted by atomic mass is 10.0. The summed E-state index contributed by atoms with van der Waals surface area (Å²) >= 11 is 0. The van der Waals surface area contributed by atoms with Crippen molar-refractivity contribution in [3.63, 3.8) is 0 Å². The van der Waals surface area contributed by atoms with Gasteiger partial charge in [-0.3, -0.25) is 4.79 Å². The van der Waals surface area contributed by atoms with Crippen LogP contribution in [0.5, 0.6) is 0 Å². The largest absolute Gasteiger partial charge is 0.388 e. The minimum absolute atomic E-state index is 0.168. The third-order valence-electron chi connectivity index (χ3n) is 5.00. The number of nitrogens with one attached hydrogen (secondary N) is 2. The number of amides is 1. The number of H-pyrrole nitrogens is 1. The van der Waals surface area contributed by atoms with Crippen LogP contribution in [0.1, 0.15) is 12.0 Å². The summed E-state index contributed by atoms with van der Waals surface area (Å²) in [5, 5.41) is 13.2. The summed E-state index contributed by atoms with van der Waals surface area (Å²) in [6.07, 6.45) is -0.173. The number of fused-ring (bicyclic) bond motifs is 1. The summed E-state index contributed by atoms with van der Waals surface area (Å²) in [6, 6.07) is 10.0. The fourth-order valence-corrected chi connectivity index (χ4v) is 3.54. The molecule has 1 aliphatic heterocycles. The number of rotatable bonds is 5. The van der Waals surface area contributed by atoms with Crippen molar-refractivity contribution in [1.82, 2.24) is 10.3 Å². The Hall–Kier alpha value is -2.77. The van der Waals surface area contributed by atoms with Crippen molar-refractivity contribution in [1.29, 1.82) is 0 Å². The van der Waals surface area contributed by atoms with Crippen LogP contribution in [0.2, 0.25) is 0 Å². The molecule has 5 nitrogen and oxygen atoms in total. The van der Waals surface area contributed by atoms with Crippen LogP contribution in [0.25, 0.3) is 22.2 Å². The van der Waals surface area contributed by atoms with Gasteiger partial charge in [0.25, 0.3) is 0 Å². The number of aryl methyl sites for hydroxylation is 1. The van der Waals surface area contributed by atoms with Crippen LogP contribution in [-0.2, 0) is 16.0 Å². The van der Waals surface area contributed by atoms with Crippen LogP contribution < -0.4 is 5.32 Å². The first-order chi connectivity index (χ1) is 13.5. The van der Waals surface area contributed by atoms with Crippen molar-refractivity contribution in [2.75, 3.05) is 13.2 Å². The van der Waals surface area contributed by atoms with Gasteiger partial charge in [-0.05, 0) is 60.0 Å². The minimum atomic E-state index is -0.707. The van der Waals surface area contributed by atoms with Crippen LogP contribution in [0.15, 0.2) is 42.5 Å². The lowest BCUT2D eigenvalue weighted by Crippen LogP contribution is -2.42. The molecule has 7 heteroatoms. The Morgan fingerprint density at radius 1 is 1.14 bits per heavy atom. The molecule has 0 aliphatic carbocycles. The Morgan fingerprint density at radius 2 is 1.89 bits per heavy atom. The number of aliphatic hydroxyl groups is 1. The molecule has 0 spiro atoms. The second-order valence-corrected chi connectivity index (χ2v) is 6.95. The van der Waals surface area contributed by atoms with Crippen molar-refractivity contribution < 1.29 is 23.4 Å². The Labute approximate surface area is 160 Å². The maximum atomic E-state index is 13.8. The summed E-state index contributed by atoms with van der Waals surface area (Å²) in [7, 11) is 0. The van der Waals surface area contributed by atoms with Crippen molar-refractivity contribution in [2.24, 2.45) is 0 Å². The zero-order chi connectivity index (χ0) is 19.7. The van der Waals surface area contributed by atoms with Crippen molar-refractivity contribution in [3.8, 4) is 11.3 Å². The smallest absolute Gasteiger partial charge is 0.220 e. The van der Waals surface area contributed by atoms with Crippen molar-refractivity contribution in [2.45, 2.75) is 25.0 Å². The zero-order valence-corrected chi connectivity index (χ0v) is 15.0. The number of carbonyl (C=O) groups is 1. The van der Waals surface area contributed by atoms with Crippen LogP contribution in [0.4, 0.5) is 8.78 Å². The predicted molar refractivity (Wildman–Crippen MR) is 101 cm³/mol. The molecule has 1 aliphatic rings. The summed E-state index contributed by atoms with van der Waals surface area (Å²) in [6.45, 7) is 0.493. The number of aromatic nitrogens is 1. The molecule has 0 unspecified atom stereocenters. The molecule has 2 heterocycles. The fraction of sp³-hybridized carbons (Fsp3) is 0.286. The molecular weight excluding hydrogens is 366 g/mol. The van der Waals surface area contributed by atoms with Gasteiger partial charge in [0, 0.05) is 23.0 Å². The molecule has 0 saturated carbocycles. The highest BCUT2D eigenvalue weighted by Crippen LogP contribution is 2.32. The van der Waals surface area contributed by atoms with E-state index < -0.39 is 12.1 Å². The Bertz CT molecular complexity index is 1000. The SMILES string of the molecule is O=C(CCc1c(-c2ccc(F)cc2)[nH]c2ccc(F)cc12)N[C@H]1COC[C@H]1O. The van der Waals surface area contributed by atoms with E-state index in [1.54, 1.807) is 18.2 Å². The Morgan fingerprint density at radius 3 is 2.61 bits per heavy atom.